The van der Waals surface area contributed by atoms with Crippen LogP contribution >= 0.6 is 0 Å². The average Bonchev–Trinajstić information content (AvgIpc) is 2.65. The minimum Gasteiger partial charge on any atom is -0.463 e. The van der Waals surface area contributed by atoms with Crippen LogP contribution in [0, 0.1) is 0 Å². The fourth-order valence-electron chi connectivity index (χ4n) is 0.866. The molecule has 0 aliphatic rings. The van der Waals surface area contributed by atoms with Gasteiger partial charge in [0.1, 0.15) is 0 Å². The number of aryl methyl sites for hydroxylation is 1. The molecule has 0 N–H and O–H groups in total. The molecule has 0 atom stereocenters. The summed E-state index contributed by atoms with van der Waals surface area (Å²) in [6, 6.07) is 1.82. The number of rotatable bonds is 3. The third kappa shape index (κ3) is 5.67. The van der Waals surface area contributed by atoms with Crippen LogP contribution in [0.25, 0.3) is 6.08 Å². The maximum absolute atomic E-state index is 10.9. The molecular formula is C11H18N2O2. The highest BCUT2D eigenvalue weighted by molar-refractivity contribution is 5.86. The van der Waals surface area contributed by atoms with Crippen LogP contribution in [-0.4, -0.2) is 22.4 Å². The second-order valence-electron chi connectivity index (χ2n) is 2.50. The molecule has 4 heteroatoms. The Labute approximate surface area is 90.5 Å². The van der Waals surface area contributed by atoms with E-state index in [1.807, 2.05) is 33.2 Å². The molecule has 0 saturated heterocycles. The normalized spacial score (nSPS) is 9.60. The first-order valence-corrected chi connectivity index (χ1v) is 5.07. The van der Waals surface area contributed by atoms with Crippen LogP contribution in [0.3, 0.4) is 0 Å². The first-order valence-electron chi connectivity index (χ1n) is 5.07. The van der Waals surface area contributed by atoms with Gasteiger partial charge in [0.15, 0.2) is 0 Å². The van der Waals surface area contributed by atoms with Crippen LogP contribution in [0.4, 0.5) is 0 Å². The van der Waals surface area contributed by atoms with E-state index < -0.39 is 0 Å². The smallest absolute Gasteiger partial charge is 0.330 e. The summed E-state index contributed by atoms with van der Waals surface area (Å²) < 4.78 is 6.38. The summed E-state index contributed by atoms with van der Waals surface area (Å²) in [6.45, 7) is 6.16. The van der Waals surface area contributed by atoms with Gasteiger partial charge in [-0.2, -0.15) is 5.10 Å². The van der Waals surface area contributed by atoms with E-state index in [1.165, 1.54) is 6.08 Å². The van der Waals surface area contributed by atoms with Gasteiger partial charge in [0.25, 0.3) is 0 Å². The predicted octanol–water partition coefficient (Wildman–Crippen LogP) is 2.02. The second-order valence-corrected chi connectivity index (χ2v) is 2.50. The highest BCUT2D eigenvalue weighted by Gasteiger charge is 1.95. The number of aromatic nitrogens is 2. The van der Waals surface area contributed by atoms with Gasteiger partial charge in [-0.05, 0) is 19.1 Å². The lowest BCUT2D eigenvalue weighted by molar-refractivity contribution is -0.137. The van der Waals surface area contributed by atoms with Crippen molar-refractivity contribution in [1.29, 1.82) is 0 Å². The number of esters is 1. The molecule has 0 aliphatic heterocycles. The Morgan fingerprint density at radius 3 is 2.73 bits per heavy atom. The van der Waals surface area contributed by atoms with E-state index in [-0.39, 0.29) is 5.97 Å². The zero-order chi connectivity index (χ0) is 11.7. The molecule has 0 radical (unpaired) electrons. The van der Waals surface area contributed by atoms with Crippen LogP contribution in [-0.2, 0) is 16.6 Å². The topological polar surface area (TPSA) is 44.1 Å². The van der Waals surface area contributed by atoms with Crippen LogP contribution < -0.4 is 0 Å². The van der Waals surface area contributed by atoms with E-state index in [0.717, 1.165) is 5.69 Å². The third-order valence-electron chi connectivity index (χ3n) is 1.41. The van der Waals surface area contributed by atoms with Crippen molar-refractivity contribution >= 4 is 12.0 Å². The molecule has 1 heterocycles. The van der Waals surface area contributed by atoms with E-state index in [0.29, 0.717) is 6.61 Å². The monoisotopic (exact) mass is 210 g/mol. The number of carbonyl (C=O) groups excluding carboxylic acids is 1. The Balaban J connectivity index is 0.000000921. The van der Waals surface area contributed by atoms with Crippen LogP contribution in [0.1, 0.15) is 26.5 Å². The summed E-state index contributed by atoms with van der Waals surface area (Å²) in [7, 11) is 1.82. The molecule has 0 spiro atoms. The lowest BCUT2D eigenvalue weighted by Crippen LogP contribution is -1.98. The number of hydrogen-bond donors (Lipinski definition) is 0. The number of carbonyl (C=O) groups is 1. The Morgan fingerprint density at radius 2 is 2.27 bits per heavy atom. The van der Waals surface area contributed by atoms with Crippen molar-refractivity contribution in [3.63, 3.8) is 0 Å². The zero-order valence-corrected chi connectivity index (χ0v) is 9.73. The molecule has 0 saturated carbocycles. The third-order valence-corrected chi connectivity index (χ3v) is 1.41. The maximum atomic E-state index is 10.9. The molecule has 0 aromatic carbocycles. The quantitative estimate of drug-likeness (QED) is 0.566. The molecule has 84 valence electrons. The van der Waals surface area contributed by atoms with Gasteiger partial charge in [0, 0.05) is 19.3 Å². The minimum absolute atomic E-state index is 0.340. The number of ether oxygens (including phenoxy) is 1. The van der Waals surface area contributed by atoms with E-state index in [1.54, 1.807) is 17.7 Å². The fraction of sp³-hybridized carbons (Fsp3) is 0.455. The summed E-state index contributed by atoms with van der Waals surface area (Å²) in [4.78, 5) is 10.9. The van der Waals surface area contributed by atoms with Gasteiger partial charge in [-0.15, -0.1) is 0 Å². The molecule has 1 aromatic rings. The first kappa shape index (κ1) is 13.4. The second kappa shape index (κ2) is 7.79. The van der Waals surface area contributed by atoms with Crippen molar-refractivity contribution in [2.75, 3.05) is 6.61 Å². The standard InChI is InChI=1S/C9H12N2O2.C2H6/c1-3-13-9(12)5-4-8-6-7-11(2)10-8;1-2/h4-7H,3H2,1-2H3;1-2H3/b5-4+;. The predicted molar refractivity (Wildman–Crippen MR) is 60.2 cm³/mol. The van der Waals surface area contributed by atoms with Crippen molar-refractivity contribution in [1.82, 2.24) is 9.78 Å². The molecule has 0 unspecified atom stereocenters. The van der Waals surface area contributed by atoms with E-state index in [2.05, 4.69) is 5.10 Å². The Bertz CT molecular complexity index is 316. The molecule has 0 fully saturated rings. The summed E-state index contributed by atoms with van der Waals surface area (Å²) in [5.74, 6) is -0.340. The zero-order valence-electron chi connectivity index (χ0n) is 9.73. The maximum Gasteiger partial charge on any atom is 0.330 e. The van der Waals surface area contributed by atoms with Gasteiger partial charge in [-0.25, -0.2) is 4.79 Å². The average molecular weight is 210 g/mol. The van der Waals surface area contributed by atoms with Crippen LogP contribution in [0.5, 0.6) is 0 Å². The SMILES string of the molecule is CC.CCOC(=O)/C=C/c1ccn(C)n1. The molecule has 1 aromatic heterocycles. The molecule has 1 rings (SSSR count). The van der Waals surface area contributed by atoms with Gasteiger partial charge in [-0.1, -0.05) is 13.8 Å². The number of nitrogens with zero attached hydrogens (tertiary/aromatic N) is 2. The summed E-state index contributed by atoms with van der Waals surface area (Å²) in [6.07, 6.45) is 4.80. The molecular weight excluding hydrogens is 192 g/mol. The summed E-state index contributed by atoms with van der Waals surface area (Å²) in [5.41, 5.74) is 0.746. The number of hydrogen-bond acceptors (Lipinski definition) is 3. The Morgan fingerprint density at radius 1 is 1.60 bits per heavy atom. The van der Waals surface area contributed by atoms with Gasteiger partial charge < -0.3 is 4.74 Å². The molecule has 0 bridgehead atoms. The molecule has 0 aliphatic carbocycles. The van der Waals surface area contributed by atoms with Gasteiger partial charge in [0.2, 0.25) is 0 Å². The summed E-state index contributed by atoms with van der Waals surface area (Å²) >= 11 is 0. The highest BCUT2D eigenvalue weighted by Crippen LogP contribution is 1.97. The van der Waals surface area contributed by atoms with Gasteiger partial charge in [-0.3, -0.25) is 4.68 Å². The van der Waals surface area contributed by atoms with Gasteiger partial charge in [0.05, 0.1) is 12.3 Å². The van der Waals surface area contributed by atoms with E-state index in [4.69, 9.17) is 4.74 Å². The fourth-order valence-corrected chi connectivity index (χ4v) is 0.866. The lowest BCUT2D eigenvalue weighted by Gasteiger charge is -1.93. The molecule has 15 heavy (non-hydrogen) atoms. The highest BCUT2D eigenvalue weighted by atomic mass is 16.5. The van der Waals surface area contributed by atoms with E-state index >= 15 is 0 Å². The molecule has 4 nitrogen and oxygen atoms in total. The van der Waals surface area contributed by atoms with Crippen LogP contribution in [0.2, 0.25) is 0 Å². The summed E-state index contributed by atoms with van der Waals surface area (Å²) in [5, 5.41) is 4.06. The van der Waals surface area contributed by atoms with Crippen molar-refractivity contribution in [3.05, 3.63) is 24.0 Å². The van der Waals surface area contributed by atoms with Crippen molar-refractivity contribution < 1.29 is 9.53 Å². The van der Waals surface area contributed by atoms with E-state index in [9.17, 15) is 4.79 Å². The Hall–Kier alpha value is -1.58. The minimum atomic E-state index is -0.340. The van der Waals surface area contributed by atoms with Crippen LogP contribution in [0.15, 0.2) is 18.3 Å². The van der Waals surface area contributed by atoms with Crippen molar-refractivity contribution in [2.45, 2.75) is 20.8 Å². The molecule has 0 amide bonds. The first-order chi connectivity index (χ1) is 7.22. The Kier molecular flexibility index (Phi) is 6.97. The lowest BCUT2D eigenvalue weighted by atomic mass is 10.4. The van der Waals surface area contributed by atoms with Gasteiger partial charge >= 0.3 is 5.97 Å². The largest absolute Gasteiger partial charge is 0.463 e. The van der Waals surface area contributed by atoms with Crippen molar-refractivity contribution in [2.24, 2.45) is 7.05 Å². The van der Waals surface area contributed by atoms with Crippen molar-refractivity contribution in [3.8, 4) is 0 Å².